The Morgan fingerprint density at radius 1 is 1.08 bits per heavy atom. The summed E-state index contributed by atoms with van der Waals surface area (Å²) in [5, 5.41) is 6.69. The molecule has 1 aromatic carbocycles. The van der Waals surface area contributed by atoms with Gasteiger partial charge < -0.3 is 10.6 Å². The van der Waals surface area contributed by atoms with E-state index in [1.54, 1.807) is 11.3 Å². The Bertz CT molecular complexity index is 846. The van der Waals surface area contributed by atoms with E-state index in [1.165, 1.54) is 4.88 Å². The van der Waals surface area contributed by atoms with Crippen molar-refractivity contribution in [3.05, 3.63) is 45.8 Å². The van der Waals surface area contributed by atoms with Gasteiger partial charge in [-0.15, -0.1) is 11.3 Å². The van der Waals surface area contributed by atoms with E-state index in [9.17, 15) is 9.59 Å². The number of carbonyl (C=O) groups is 2. The number of rotatable bonds is 3. The zero-order valence-corrected chi connectivity index (χ0v) is 16.7. The number of thiophene rings is 1. The molecule has 1 heterocycles. The summed E-state index contributed by atoms with van der Waals surface area (Å²) in [5.74, 6) is -0.208. The molecule has 0 saturated carbocycles. The molecule has 0 bridgehead atoms. The van der Waals surface area contributed by atoms with Crippen LogP contribution < -0.4 is 10.6 Å². The van der Waals surface area contributed by atoms with Crippen molar-refractivity contribution in [2.24, 2.45) is 5.41 Å². The van der Waals surface area contributed by atoms with Gasteiger partial charge in [0.25, 0.3) is 5.91 Å². The maximum Gasteiger partial charge on any atom is 0.258 e. The second kappa shape index (κ2) is 7.23. The summed E-state index contributed by atoms with van der Waals surface area (Å²) in [6.45, 7) is 7.63. The molecule has 0 unspecified atom stereocenters. The van der Waals surface area contributed by atoms with E-state index >= 15 is 0 Å². The van der Waals surface area contributed by atoms with Gasteiger partial charge in [-0.05, 0) is 55.9 Å². The number of aryl methyl sites for hydroxylation is 2. The van der Waals surface area contributed by atoms with Gasteiger partial charge >= 0.3 is 0 Å². The average Bonchev–Trinajstić information content (AvgIpc) is 2.91. The van der Waals surface area contributed by atoms with E-state index in [-0.39, 0.29) is 11.8 Å². The van der Waals surface area contributed by atoms with Gasteiger partial charge in [0.1, 0.15) is 5.00 Å². The molecule has 0 spiro atoms. The fraction of sp³-hybridized carbons (Fsp3) is 0.429. The molecule has 1 aromatic heterocycles. The monoisotopic (exact) mass is 370 g/mol. The van der Waals surface area contributed by atoms with E-state index in [0.717, 1.165) is 42.5 Å². The van der Waals surface area contributed by atoms with Crippen LogP contribution in [-0.2, 0) is 17.6 Å². The average molecular weight is 371 g/mol. The lowest BCUT2D eigenvalue weighted by molar-refractivity contribution is -0.123. The Labute approximate surface area is 159 Å². The minimum absolute atomic E-state index is 0.0688. The fourth-order valence-electron chi connectivity index (χ4n) is 3.10. The van der Waals surface area contributed by atoms with Crippen molar-refractivity contribution in [3.63, 3.8) is 0 Å². The highest BCUT2D eigenvalue weighted by Gasteiger charge is 2.29. The van der Waals surface area contributed by atoms with Crippen LogP contribution in [0.2, 0.25) is 0 Å². The number of hydrogen-bond acceptors (Lipinski definition) is 3. The van der Waals surface area contributed by atoms with Crippen molar-refractivity contribution in [1.82, 2.24) is 0 Å². The first-order valence-electron chi connectivity index (χ1n) is 9.09. The van der Waals surface area contributed by atoms with Crippen LogP contribution in [0.15, 0.2) is 24.3 Å². The quantitative estimate of drug-likeness (QED) is 0.783. The van der Waals surface area contributed by atoms with Gasteiger partial charge in [-0.1, -0.05) is 32.9 Å². The zero-order chi connectivity index (χ0) is 18.9. The molecule has 0 atom stereocenters. The van der Waals surface area contributed by atoms with Gasteiger partial charge in [0, 0.05) is 16.0 Å². The highest BCUT2D eigenvalue weighted by atomic mass is 32.1. The summed E-state index contributed by atoms with van der Waals surface area (Å²) in [6.07, 6.45) is 4.10. The highest BCUT2D eigenvalue weighted by molar-refractivity contribution is 7.17. The topological polar surface area (TPSA) is 58.2 Å². The Kier molecular flexibility index (Phi) is 5.19. The first kappa shape index (κ1) is 18.6. The minimum atomic E-state index is -0.505. The van der Waals surface area contributed by atoms with Gasteiger partial charge in [0.05, 0.1) is 5.56 Å². The Morgan fingerprint density at radius 3 is 2.50 bits per heavy atom. The van der Waals surface area contributed by atoms with Crippen LogP contribution >= 0.6 is 11.3 Å². The molecule has 0 aliphatic heterocycles. The van der Waals surface area contributed by atoms with Gasteiger partial charge in [0.15, 0.2) is 0 Å². The van der Waals surface area contributed by atoms with Crippen LogP contribution in [0.5, 0.6) is 0 Å². The third kappa shape index (κ3) is 3.98. The molecule has 26 heavy (non-hydrogen) atoms. The molecule has 1 aliphatic carbocycles. The van der Waals surface area contributed by atoms with E-state index < -0.39 is 5.41 Å². The smallest absolute Gasteiger partial charge is 0.258 e. The first-order valence-corrected chi connectivity index (χ1v) is 9.91. The maximum atomic E-state index is 13.1. The van der Waals surface area contributed by atoms with E-state index in [1.807, 2.05) is 52.0 Å². The molecular formula is C21H26N2O2S. The van der Waals surface area contributed by atoms with Crippen molar-refractivity contribution in [2.75, 3.05) is 10.6 Å². The SMILES string of the molecule is Cc1cccc(NC(=O)c2c(NC(=O)C(C)(C)C)sc3c2CCCC3)c1. The molecule has 2 N–H and O–H groups in total. The maximum absolute atomic E-state index is 13.1. The lowest BCUT2D eigenvalue weighted by Gasteiger charge is -2.18. The number of nitrogens with one attached hydrogen (secondary N) is 2. The number of benzene rings is 1. The lowest BCUT2D eigenvalue weighted by Crippen LogP contribution is -2.28. The zero-order valence-electron chi connectivity index (χ0n) is 15.9. The molecule has 2 amide bonds. The molecule has 0 radical (unpaired) electrons. The van der Waals surface area contributed by atoms with E-state index in [0.29, 0.717) is 10.6 Å². The Balaban J connectivity index is 1.94. The highest BCUT2D eigenvalue weighted by Crippen LogP contribution is 2.39. The number of fused-ring (bicyclic) bond motifs is 1. The van der Waals surface area contributed by atoms with Crippen LogP contribution in [0.1, 0.15) is 60.0 Å². The normalized spacial score (nSPS) is 13.8. The van der Waals surface area contributed by atoms with Gasteiger partial charge in [-0.25, -0.2) is 0 Å². The summed E-state index contributed by atoms with van der Waals surface area (Å²) < 4.78 is 0. The molecule has 0 saturated heterocycles. The summed E-state index contributed by atoms with van der Waals surface area (Å²) >= 11 is 1.56. The van der Waals surface area contributed by atoms with Crippen LogP contribution in [-0.4, -0.2) is 11.8 Å². The van der Waals surface area contributed by atoms with Gasteiger partial charge in [-0.3, -0.25) is 9.59 Å². The van der Waals surface area contributed by atoms with Crippen molar-refractivity contribution >= 4 is 33.8 Å². The van der Waals surface area contributed by atoms with Crippen LogP contribution in [0, 0.1) is 12.3 Å². The van der Waals surface area contributed by atoms with Crippen LogP contribution in [0.3, 0.4) is 0 Å². The first-order chi connectivity index (χ1) is 12.3. The predicted octanol–water partition coefficient (Wildman–Crippen LogP) is 5.17. The summed E-state index contributed by atoms with van der Waals surface area (Å²) in [5.41, 5.74) is 3.11. The van der Waals surface area contributed by atoms with Crippen molar-refractivity contribution in [3.8, 4) is 0 Å². The Hall–Kier alpha value is -2.14. The molecule has 0 fully saturated rings. The van der Waals surface area contributed by atoms with Gasteiger partial charge in [0.2, 0.25) is 5.91 Å². The molecular weight excluding hydrogens is 344 g/mol. The van der Waals surface area contributed by atoms with Gasteiger partial charge in [-0.2, -0.15) is 0 Å². The number of carbonyl (C=O) groups excluding carboxylic acids is 2. The molecule has 4 nitrogen and oxygen atoms in total. The molecule has 3 rings (SSSR count). The third-order valence-electron chi connectivity index (χ3n) is 4.58. The standard InChI is InChI=1S/C21H26N2O2S/c1-13-8-7-9-14(12-13)22-18(24)17-15-10-5-6-11-16(15)26-19(17)23-20(25)21(2,3)4/h7-9,12H,5-6,10-11H2,1-4H3,(H,22,24)(H,23,25). The summed E-state index contributed by atoms with van der Waals surface area (Å²) in [4.78, 5) is 26.8. The van der Waals surface area contributed by atoms with Crippen LogP contribution in [0.4, 0.5) is 10.7 Å². The predicted molar refractivity (Wildman–Crippen MR) is 108 cm³/mol. The number of anilines is 2. The molecule has 5 heteroatoms. The molecule has 2 aromatic rings. The summed E-state index contributed by atoms with van der Waals surface area (Å²) in [7, 11) is 0. The fourth-order valence-corrected chi connectivity index (χ4v) is 4.38. The largest absolute Gasteiger partial charge is 0.322 e. The third-order valence-corrected chi connectivity index (χ3v) is 5.79. The molecule has 138 valence electrons. The second-order valence-corrected chi connectivity index (χ2v) is 9.05. The number of hydrogen-bond donors (Lipinski definition) is 2. The van der Waals surface area contributed by atoms with Crippen molar-refractivity contribution in [1.29, 1.82) is 0 Å². The summed E-state index contributed by atoms with van der Waals surface area (Å²) in [6, 6.07) is 7.76. The minimum Gasteiger partial charge on any atom is -0.322 e. The lowest BCUT2D eigenvalue weighted by atomic mass is 9.94. The van der Waals surface area contributed by atoms with Crippen molar-refractivity contribution < 1.29 is 9.59 Å². The number of amides is 2. The van der Waals surface area contributed by atoms with Crippen molar-refractivity contribution in [2.45, 2.75) is 53.4 Å². The van der Waals surface area contributed by atoms with Crippen LogP contribution in [0.25, 0.3) is 0 Å². The van der Waals surface area contributed by atoms with E-state index in [2.05, 4.69) is 10.6 Å². The molecule has 1 aliphatic rings. The Morgan fingerprint density at radius 2 is 1.81 bits per heavy atom. The van der Waals surface area contributed by atoms with E-state index in [4.69, 9.17) is 0 Å². The second-order valence-electron chi connectivity index (χ2n) is 7.94.